The summed E-state index contributed by atoms with van der Waals surface area (Å²) >= 11 is 0. The number of carbonyl (C=O) groups excluding carboxylic acids is 1. The molecule has 1 aromatic rings. The second kappa shape index (κ2) is 6.66. The highest BCUT2D eigenvalue weighted by Crippen LogP contribution is 2.30. The average molecular weight is 261 g/mol. The van der Waals surface area contributed by atoms with Crippen molar-refractivity contribution in [1.29, 1.82) is 0 Å². The number of nitrogens with zero attached hydrogens (tertiary/aromatic N) is 1. The minimum atomic E-state index is 0.0239. The van der Waals surface area contributed by atoms with E-state index in [2.05, 4.69) is 10.3 Å². The standard InChI is InChI=1S/C15H23N3O/c1-11(12-6-8-17-9-7-12)18-15(19)14-5-3-2-4-13(14)10-16/h6-9,11,13-14H,2-5,10,16H2,1H3,(H,18,19)/t11-,13?,14?/m1/s1. The maximum Gasteiger partial charge on any atom is 0.223 e. The largest absolute Gasteiger partial charge is 0.349 e. The van der Waals surface area contributed by atoms with E-state index in [4.69, 9.17) is 5.73 Å². The number of hydrogen-bond donors (Lipinski definition) is 2. The molecule has 2 unspecified atom stereocenters. The first-order valence-corrected chi connectivity index (χ1v) is 7.12. The molecule has 104 valence electrons. The Morgan fingerprint density at radius 3 is 2.79 bits per heavy atom. The summed E-state index contributed by atoms with van der Waals surface area (Å²) < 4.78 is 0. The summed E-state index contributed by atoms with van der Waals surface area (Å²) in [6.07, 6.45) is 7.89. The summed E-state index contributed by atoms with van der Waals surface area (Å²) in [4.78, 5) is 16.4. The van der Waals surface area contributed by atoms with E-state index in [1.807, 2.05) is 19.1 Å². The third-order valence-electron chi connectivity index (χ3n) is 4.11. The van der Waals surface area contributed by atoms with Crippen molar-refractivity contribution in [3.05, 3.63) is 30.1 Å². The molecular formula is C15H23N3O. The quantitative estimate of drug-likeness (QED) is 0.871. The fourth-order valence-corrected chi connectivity index (χ4v) is 2.89. The summed E-state index contributed by atoms with van der Waals surface area (Å²) in [5.74, 6) is 0.584. The van der Waals surface area contributed by atoms with Crippen LogP contribution in [-0.4, -0.2) is 17.4 Å². The minimum Gasteiger partial charge on any atom is -0.349 e. The molecule has 1 amide bonds. The molecular weight excluding hydrogens is 238 g/mol. The Hall–Kier alpha value is -1.42. The number of rotatable bonds is 4. The lowest BCUT2D eigenvalue weighted by Gasteiger charge is -2.30. The van der Waals surface area contributed by atoms with Crippen LogP contribution in [0.3, 0.4) is 0 Å². The molecule has 1 fully saturated rings. The highest BCUT2D eigenvalue weighted by molar-refractivity contribution is 5.79. The van der Waals surface area contributed by atoms with E-state index in [-0.39, 0.29) is 17.9 Å². The van der Waals surface area contributed by atoms with Gasteiger partial charge in [0.15, 0.2) is 0 Å². The molecule has 0 spiro atoms. The molecule has 1 saturated carbocycles. The molecule has 1 aromatic heterocycles. The third kappa shape index (κ3) is 3.53. The van der Waals surface area contributed by atoms with Crippen LogP contribution in [0.5, 0.6) is 0 Å². The van der Waals surface area contributed by atoms with Gasteiger partial charge in [0.25, 0.3) is 0 Å². The van der Waals surface area contributed by atoms with Gasteiger partial charge in [-0.05, 0) is 49.9 Å². The maximum atomic E-state index is 12.4. The average Bonchev–Trinajstić information content (AvgIpc) is 2.48. The normalized spacial score (nSPS) is 24.7. The molecule has 1 aliphatic carbocycles. The Balaban J connectivity index is 1.96. The molecule has 0 bridgehead atoms. The van der Waals surface area contributed by atoms with E-state index in [1.165, 1.54) is 6.42 Å². The van der Waals surface area contributed by atoms with E-state index < -0.39 is 0 Å². The topological polar surface area (TPSA) is 68.0 Å². The Morgan fingerprint density at radius 2 is 2.11 bits per heavy atom. The molecule has 4 nitrogen and oxygen atoms in total. The van der Waals surface area contributed by atoms with Gasteiger partial charge in [-0.1, -0.05) is 12.8 Å². The lowest BCUT2D eigenvalue weighted by atomic mass is 9.78. The minimum absolute atomic E-state index is 0.0239. The maximum absolute atomic E-state index is 12.4. The van der Waals surface area contributed by atoms with Crippen molar-refractivity contribution in [1.82, 2.24) is 10.3 Å². The molecule has 3 atom stereocenters. The van der Waals surface area contributed by atoms with Crippen molar-refractivity contribution in [3.63, 3.8) is 0 Å². The Labute approximate surface area is 114 Å². The Bertz CT molecular complexity index is 407. The number of nitrogens with two attached hydrogens (primary N) is 1. The van der Waals surface area contributed by atoms with E-state index in [9.17, 15) is 4.79 Å². The monoisotopic (exact) mass is 261 g/mol. The number of nitrogens with one attached hydrogen (secondary N) is 1. The second-order valence-electron chi connectivity index (χ2n) is 5.40. The SMILES string of the molecule is C[C@@H](NC(=O)C1CCCCC1CN)c1ccncc1. The van der Waals surface area contributed by atoms with Crippen molar-refractivity contribution in [2.24, 2.45) is 17.6 Å². The molecule has 0 radical (unpaired) electrons. The predicted molar refractivity (Wildman–Crippen MR) is 75.3 cm³/mol. The van der Waals surface area contributed by atoms with E-state index in [0.29, 0.717) is 12.5 Å². The van der Waals surface area contributed by atoms with Gasteiger partial charge in [-0.3, -0.25) is 9.78 Å². The van der Waals surface area contributed by atoms with Gasteiger partial charge in [0.2, 0.25) is 5.91 Å². The van der Waals surface area contributed by atoms with Crippen LogP contribution in [0.2, 0.25) is 0 Å². The first-order valence-electron chi connectivity index (χ1n) is 7.12. The van der Waals surface area contributed by atoms with Gasteiger partial charge in [-0.15, -0.1) is 0 Å². The molecule has 3 N–H and O–H groups in total. The zero-order chi connectivity index (χ0) is 13.7. The van der Waals surface area contributed by atoms with E-state index >= 15 is 0 Å². The first kappa shape index (κ1) is 14.0. The number of pyridine rings is 1. The van der Waals surface area contributed by atoms with Crippen LogP contribution in [0, 0.1) is 11.8 Å². The summed E-state index contributed by atoms with van der Waals surface area (Å²) in [5.41, 5.74) is 6.87. The van der Waals surface area contributed by atoms with Crippen molar-refractivity contribution in [2.45, 2.75) is 38.6 Å². The number of carbonyl (C=O) groups is 1. The molecule has 1 heterocycles. The van der Waals surface area contributed by atoms with E-state index in [0.717, 1.165) is 24.8 Å². The summed E-state index contributed by atoms with van der Waals surface area (Å²) in [6, 6.07) is 3.90. The lowest BCUT2D eigenvalue weighted by molar-refractivity contribution is -0.128. The summed E-state index contributed by atoms with van der Waals surface area (Å²) in [7, 11) is 0. The van der Waals surface area contributed by atoms with Crippen LogP contribution in [-0.2, 0) is 4.79 Å². The smallest absolute Gasteiger partial charge is 0.223 e. The van der Waals surface area contributed by atoms with Crippen LogP contribution in [0.25, 0.3) is 0 Å². The highest BCUT2D eigenvalue weighted by atomic mass is 16.1. The fraction of sp³-hybridized carbons (Fsp3) is 0.600. The van der Waals surface area contributed by atoms with Gasteiger partial charge in [0.1, 0.15) is 0 Å². The zero-order valence-corrected chi connectivity index (χ0v) is 11.5. The first-order chi connectivity index (χ1) is 9.22. The van der Waals surface area contributed by atoms with Crippen LogP contribution in [0.4, 0.5) is 0 Å². The van der Waals surface area contributed by atoms with E-state index in [1.54, 1.807) is 12.4 Å². The number of aromatic nitrogens is 1. The second-order valence-corrected chi connectivity index (χ2v) is 5.40. The molecule has 0 saturated heterocycles. The third-order valence-corrected chi connectivity index (χ3v) is 4.11. The molecule has 0 aliphatic heterocycles. The fourth-order valence-electron chi connectivity index (χ4n) is 2.89. The summed E-state index contributed by atoms with van der Waals surface area (Å²) in [6.45, 7) is 2.62. The van der Waals surface area contributed by atoms with Gasteiger partial charge >= 0.3 is 0 Å². The van der Waals surface area contributed by atoms with Crippen molar-refractivity contribution < 1.29 is 4.79 Å². The van der Waals surface area contributed by atoms with Crippen molar-refractivity contribution >= 4 is 5.91 Å². The molecule has 19 heavy (non-hydrogen) atoms. The van der Waals surface area contributed by atoms with Crippen LogP contribution < -0.4 is 11.1 Å². The highest BCUT2D eigenvalue weighted by Gasteiger charge is 2.30. The Morgan fingerprint density at radius 1 is 1.42 bits per heavy atom. The predicted octanol–water partition coefficient (Wildman–Crippen LogP) is 2.02. The van der Waals surface area contributed by atoms with Gasteiger partial charge in [0.05, 0.1) is 6.04 Å². The van der Waals surface area contributed by atoms with Crippen molar-refractivity contribution in [2.75, 3.05) is 6.54 Å². The molecule has 2 rings (SSSR count). The number of amides is 1. The van der Waals surface area contributed by atoms with Crippen LogP contribution in [0.15, 0.2) is 24.5 Å². The van der Waals surface area contributed by atoms with Crippen LogP contribution >= 0.6 is 0 Å². The lowest BCUT2D eigenvalue weighted by Crippen LogP contribution is -2.40. The van der Waals surface area contributed by atoms with Gasteiger partial charge in [0, 0.05) is 18.3 Å². The number of hydrogen-bond acceptors (Lipinski definition) is 3. The van der Waals surface area contributed by atoms with Crippen molar-refractivity contribution in [3.8, 4) is 0 Å². The molecule has 0 aromatic carbocycles. The van der Waals surface area contributed by atoms with Crippen LogP contribution in [0.1, 0.15) is 44.2 Å². The summed E-state index contributed by atoms with van der Waals surface area (Å²) in [5, 5.41) is 3.11. The van der Waals surface area contributed by atoms with Gasteiger partial charge in [-0.2, -0.15) is 0 Å². The molecule has 4 heteroatoms. The zero-order valence-electron chi connectivity index (χ0n) is 11.5. The van der Waals surface area contributed by atoms with Gasteiger partial charge in [-0.25, -0.2) is 0 Å². The van der Waals surface area contributed by atoms with Gasteiger partial charge < -0.3 is 11.1 Å². The Kier molecular flexibility index (Phi) is 4.91. The molecule has 1 aliphatic rings.